The highest BCUT2D eigenvalue weighted by Crippen LogP contribution is 2.25. The number of carbonyl (C=O) groups is 1. The van der Waals surface area contributed by atoms with E-state index in [2.05, 4.69) is 4.98 Å². The lowest BCUT2D eigenvalue weighted by Gasteiger charge is -2.08. The van der Waals surface area contributed by atoms with E-state index in [1.165, 1.54) is 0 Å². The molecule has 1 aromatic carbocycles. The van der Waals surface area contributed by atoms with Gasteiger partial charge in [-0.25, -0.2) is 4.98 Å². The molecule has 4 N–H and O–H groups in total. The molecule has 2 aromatic heterocycles. The number of nitrogens with two attached hydrogens (primary N) is 2. The number of aldehydes is 1. The lowest BCUT2D eigenvalue weighted by atomic mass is 10.0. The van der Waals surface area contributed by atoms with Gasteiger partial charge in [-0.1, -0.05) is 24.3 Å². The molecule has 100 valence electrons. The summed E-state index contributed by atoms with van der Waals surface area (Å²) in [7, 11) is 0. The van der Waals surface area contributed by atoms with Crippen LogP contribution in [0.15, 0.2) is 42.6 Å². The van der Waals surface area contributed by atoms with Crippen molar-refractivity contribution in [2.45, 2.75) is 6.54 Å². The van der Waals surface area contributed by atoms with E-state index in [9.17, 15) is 4.79 Å². The number of hydrogen-bond acceptors (Lipinski definition) is 4. The molecule has 0 saturated carbocycles. The first-order valence-corrected chi connectivity index (χ1v) is 6.25. The van der Waals surface area contributed by atoms with Gasteiger partial charge in [-0.05, 0) is 28.8 Å². The van der Waals surface area contributed by atoms with Crippen LogP contribution in [0.2, 0.25) is 0 Å². The Hall–Kier alpha value is -2.66. The second kappa shape index (κ2) is 4.79. The quantitative estimate of drug-likeness (QED) is 0.708. The number of carbonyl (C=O) groups excluding carboxylic acids is 1. The fraction of sp³-hybridized carbons (Fsp3) is 0.0667. The number of imidazole rings is 1. The van der Waals surface area contributed by atoms with Gasteiger partial charge in [-0.3, -0.25) is 9.20 Å². The van der Waals surface area contributed by atoms with E-state index in [1.807, 2.05) is 42.6 Å². The molecule has 0 radical (unpaired) electrons. The summed E-state index contributed by atoms with van der Waals surface area (Å²) in [4.78, 5) is 15.3. The lowest BCUT2D eigenvalue weighted by Crippen LogP contribution is -2.00. The van der Waals surface area contributed by atoms with Crippen LogP contribution in [0.1, 0.15) is 16.1 Å². The molecule has 0 saturated heterocycles. The van der Waals surface area contributed by atoms with Crippen LogP contribution in [-0.4, -0.2) is 15.7 Å². The van der Waals surface area contributed by atoms with Crippen molar-refractivity contribution in [3.63, 3.8) is 0 Å². The summed E-state index contributed by atoms with van der Waals surface area (Å²) in [6.07, 6.45) is 2.57. The van der Waals surface area contributed by atoms with Crippen LogP contribution in [0.5, 0.6) is 0 Å². The number of nitrogens with zero attached hydrogens (tertiary/aromatic N) is 2. The van der Waals surface area contributed by atoms with Crippen LogP contribution in [-0.2, 0) is 6.54 Å². The third-order valence-corrected chi connectivity index (χ3v) is 3.34. The van der Waals surface area contributed by atoms with Crippen LogP contribution in [0.25, 0.3) is 16.8 Å². The molecule has 3 aromatic rings. The summed E-state index contributed by atoms with van der Waals surface area (Å²) in [6.45, 7) is 0.459. The summed E-state index contributed by atoms with van der Waals surface area (Å²) < 4.78 is 1.70. The minimum atomic E-state index is 0.240. The van der Waals surface area contributed by atoms with E-state index in [1.54, 1.807) is 4.40 Å². The van der Waals surface area contributed by atoms with E-state index in [4.69, 9.17) is 11.5 Å². The second-order valence-electron chi connectivity index (χ2n) is 4.51. The fourth-order valence-corrected chi connectivity index (χ4v) is 2.34. The predicted molar refractivity (Wildman–Crippen MR) is 78.3 cm³/mol. The van der Waals surface area contributed by atoms with Crippen molar-refractivity contribution in [2.75, 3.05) is 5.73 Å². The van der Waals surface area contributed by atoms with Crippen molar-refractivity contribution < 1.29 is 4.79 Å². The Kier molecular flexibility index (Phi) is 2.96. The molecule has 0 spiro atoms. The van der Waals surface area contributed by atoms with Crippen molar-refractivity contribution in [1.29, 1.82) is 0 Å². The average Bonchev–Trinajstić information content (AvgIpc) is 2.81. The monoisotopic (exact) mass is 266 g/mol. The van der Waals surface area contributed by atoms with Crippen LogP contribution < -0.4 is 11.5 Å². The minimum Gasteiger partial charge on any atom is -0.382 e. The SMILES string of the molecule is NCc1ccccc1-c1ccc2nc(N)c(C=O)n2c1. The molecule has 0 amide bonds. The smallest absolute Gasteiger partial charge is 0.170 e. The Balaban J connectivity index is 2.24. The zero-order valence-corrected chi connectivity index (χ0v) is 10.8. The Morgan fingerprint density at radius 2 is 2.00 bits per heavy atom. The molecule has 0 atom stereocenters. The molecule has 5 nitrogen and oxygen atoms in total. The van der Waals surface area contributed by atoms with Gasteiger partial charge in [0.2, 0.25) is 0 Å². The summed E-state index contributed by atoms with van der Waals surface area (Å²) in [5.74, 6) is 0.240. The van der Waals surface area contributed by atoms with E-state index >= 15 is 0 Å². The number of hydrogen-bond donors (Lipinski definition) is 2. The summed E-state index contributed by atoms with van der Waals surface area (Å²) in [6, 6.07) is 11.7. The third-order valence-electron chi connectivity index (χ3n) is 3.34. The summed E-state index contributed by atoms with van der Waals surface area (Å²) >= 11 is 0. The maximum absolute atomic E-state index is 11.1. The first kappa shape index (κ1) is 12.4. The standard InChI is InChI=1S/C15H14N4O/c16-7-10-3-1-2-4-12(10)11-5-6-14-18-15(17)13(9-20)19(14)8-11/h1-6,8-9H,7,16-17H2. The number of benzene rings is 1. The highest BCUT2D eigenvalue weighted by molar-refractivity contribution is 5.82. The Bertz CT molecular complexity index is 792. The molecule has 20 heavy (non-hydrogen) atoms. The normalized spacial score (nSPS) is 10.8. The maximum atomic E-state index is 11.1. The number of fused-ring (bicyclic) bond motifs is 1. The Morgan fingerprint density at radius 1 is 1.20 bits per heavy atom. The molecule has 5 heteroatoms. The summed E-state index contributed by atoms with van der Waals surface area (Å²) in [5.41, 5.74) is 15.6. The molecule has 0 bridgehead atoms. The first-order valence-electron chi connectivity index (χ1n) is 6.25. The number of nitrogen functional groups attached to an aromatic ring is 1. The molecular formula is C15H14N4O. The minimum absolute atomic E-state index is 0.240. The van der Waals surface area contributed by atoms with Gasteiger partial charge in [-0.2, -0.15) is 0 Å². The van der Waals surface area contributed by atoms with Crippen molar-refractivity contribution >= 4 is 17.8 Å². The number of rotatable bonds is 3. The number of aromatic nitrogens is 2. The van der Waals surface area contributed by atoms with Crippen LogP contribution in [0, 0.1) is 0 Å². The van der Waals surface area contributed by atoms with Gasteiger partial charge in [0.15, 0.2) is 12.1 Å². The van der Waals surface area contributed by atoms with Gasteiger partial charge in [0, 0.05) is 12.7 Å². The third kappa shape index (κ3) is 1.85. The number of pyridine rings is 1. The largest absolute Gasteiger partial charge is 0.382 e. The molecule has 0 aliphatic carbocycles. The van der Waals surface area contributed by atoms with Crippen LogP contribution in [0.3, 0.4) is 0 Å². The van der Waals surface area contributed by atoms with Gasteiger partial charge in [0.05, 0.1) is 0 Å². The van der Waals surface area contributed by atoms with Gasteiger partial charge < -0.3 is 11.5 Å². The Labute approximate surface area is 115 Å². The summed E-state index contributed by atoms with van der Waals surface area (Å²) in [5, 5.41) is 0. The van der Waals surface area contributed by atoms with Crippen molar-refractivity contribution in [1.82, 2.24) is 9.38 Å². The second-order valence-corrected chi connectivity index (χ2v) is 4.51. The molecular weight excluding hydrogens is 252 g/mol. The van der Waals surface area contributed by atoms with E-state index in [0.29, 0.717) is 24.2 Å². The topological polar surface area (TPSA) is 86.4 Å². The van der Waals surface area contributed by atoms with Crippen LogP contribution in [0.4, 0.5) is 5.82 Å². The molecule has 0 fully saturated rings. The maximum Gasteiger partial charge on any atom is 0.170 e. The molecule has 3 rings (SSSR count). The van der Waals surface area contributed by atoms with Crippen molar-refractivity contribution in [2.24, 2.45) is 5.73 Å². The number of anilines is 1. The highest BCUT2D eigenvalue weighted by Gasteiger charge is 2.10. The van der Waals surface area contributed by atoms with E-state index < -0.39 is 0 Å². The zero-order chi connectivity index (χ0) is 14.1. The fourth-order valence-electron chi connectivity index (χ4n) is 2.34. The molecule has 2 heterocycles. The average molecular weight is 266 g/mol. The van der Waals surface area contributed by atoms with Gasteiger partial charge in [-0.15, -0.1) is 0 Å². The molecule has 0 aliphatic rings. The zero-order valence-electron chi connectivity index (χ0n) is 10.8. The van der Waals surface area contributed by atoms with E-state index in [-0.39, 0.29) is 5.82 Å². The molecule has 0 aliphatic heterocycles. The molecule has 0 unspecified atom stereocenters. The van der Waals surface area contributed by atoms with Crippen molar-refractivity contribution in [3.05, 3.63) is 53.9 Å². The first-order chi connectivity index (χ1) is 9.74. The van der Waals surface area contributed by atoms with E-state index in [0.717, 1.165) is 16.7 Å². The highest BCUT2D eigenvalue weighted by atomic mass is 16.1. The van der Waals surface area contributed by atoms with Gasteiger partial charge in [0.25, 0.3) is 0 Å². The predicted octanol–water partition coefficient (Wildman–Crippen LogP) is 1.85. The Morgan fingerprint density at radius 3 is 2.75 bits per heavy atom. The lowest BCUT2D eigenvalue weighted by molar-refractivity contribution is 0.111. The van der Waals surface area contributed by atoms with Crippen LogP contribution >= 0.6 is 0 Å². The van der Waals surface area contributed by atoms with Gasteiger partial charge >= 0.3 is 0 Å². The van der Waals surface area contributed by atoms with Gasteiger partial charge in [0.1, 0.15) is 11.3 Å². The van der Waals surface area contributed by atoms with Crippen molar-refractivity contribution in [3.8, 4) is 11.1 Å².